The lowest BCUT2D eigenvalue weighted by Gasteiger charge is -2.32. The minimum atomic E-state index is 0.150. The summed E-state index contributed by atoms with van der Waals surface area (Å²) in [7, 11) is 0. The minimum absolute atomic E-state index is 0.150. The molecular weight excluding hydrogens is 304 g/mol. The van der Waals surface area contributed by atoms with E-state index in [9.17, 15) is 0 Å². The van der Waals surface area contributed by atoms with Crippen molar-refractivity contribution >= 4 is 33.4 Å². The molecule has 4 rings (SSSR count). The maximum absolute atomic E-state index is 6.15. The maximum atomic E-state index is 6.15. The third-order valence-corrected chi connectivity index (χ3v) is 4.61. The number of nitrogen functional groups attached to an aromatic ring is 1. The van der Waals surface area contributed by atoms with Crippen LogP contribution in [0.3, 0.4) is 0 Å². The highest BCUT2D eigenvalue weighted by atomic mass is 16.5. The topological polar surface area (TPSA) is 92.1 Å². The first-order valence-corrected chi connectivity index (χ1v) is 8.35. The number of fused-ring (bicyclic) bond motifs is 3. The molecule has 3 aromatic rings. The summed E-state index contributed by atoms with van der Waals surface area (Å²) in [6.07, 6.45) is 3.68. The second-order valence-electron chi connectivity index (χ2n) is 6.10. The van der Waals surface area contributed by atoms with E-state index in [1.165, 1.54) is 0 Å². The molecule has 1 aliphatic rings. The smallest absolute Gasteiger partial charge is 0.147 e. The summed E-state index contributed by atoms with van der Waals surface area (Å²) in [6, 6.07) is 3.97. The first-order valence-electron chi connectivity index (χ1n) is 8.35. The lowest BCUT2D eigenvalue weighted by atomic mass is 10.1. The summed E-state index contributed by atoms with van der Waals surface area (Å²) in [5.74, 6) is 0.496. The number of hydrogen-bond donors (Lipinski definition) is 3. The number of H-pyrrole nitrogens is 1. The van der Waals surface area contributed by atoms with Gasteiger partial charge in [-0.15, -0.1) is 0 Å². The molecule has 0 amide bonds. The SMILES string of the molecule is CCN1CCOC(CNc2c(N)ncc3[nH]c4ncccc4c23)C1. The first kappa shape index (κ1) is 15.2. The Labute approximate surface area is 140 Å². The Morgan fingerprint density at radius 3 is 3.25 bits per heavy atom. The number of aromatic amines is 1. The molecule has 1 saturated heterocycles. The van der Waals surface area contributed by atoms with Gasteiger partial charge >= 0.3 is 0 Å². The number of hydrogen-bond acceptors (Lipinski definition) is 6. The van der Waals surface area contributed by atoms with Gasteiger partial charge in [0, 0.05) is 36.6 Å². The molecule has 7 heteroatoms. The fourth-order valence-corrected chi connectivity index (χ4v) is 3.32. The highest BCUT2D eigenvalue weighted by molar-refractivity contribution is 6.14. The van der Waals surface area contributed by atoms with Gasteiger partial charge < -0.3 is 20.8 Å². The largest absolute Gasteiger partial charge is 0.382 e. The van der Waals surface area contributed by atoms with Gasteiger partial charge in [-0.3, -0.25) is 4.90 Å². The van der Waals surface area contributed by atoms with E-state index in [0.717, 1.165) is 53.9 Å². The molecular formula is C17H22N6O. The highest BCUT2D eigenvalue weighted by Crippen LogP contribution is 2.33. The molecule has 0 aromatic carbocycles. The van der Waals surface area contributed by atoms with Crippen molar-refractivity contribution in [2.75, 3.05) is 43.8 Å². The first-order chi connectivity index (χ1) is 11.8. The van der Waals surface area contributed by atoms with Gasteiger partial charge in [0.1, 0.15) is 11.5 Å². The van der Waals surface area contributed by atoms with Crippen molar-refractivity contribution < 1.29 is 4.74 Å². The van der Waals surface area contributed by atoms with Crippen molar-refractivity contribution in [3.8, 4) is 0 Å². The number of nitrogens with zero attached hydrogens (tertiary/aromatic N) is 3. The molecule has 1 fully saturated rings. The number of pyridine rings is 2. The third kappa shape index (κ3) is 2.65. The number of morpholine rings is 1. The van der Waals surface area contributed by atoms with Crippen LogP contribution in [0.1, 0.15) is 6.92 Å². The van der Waals surface area contributed by atoms with Crippen LogP contribution in [0.2, 0.25) is 0 Å². The molecule has 3 aromatic heterocycles. The van der Waals surface area contributed by atoms with E-state index in [0.29, 0.717) is 12.4 Å². The average Bonchev–Trinajstić information content (AvgIpc) is 3.00. The van der Waals surface area contributed by atoms with E-state index in [2.05, 4.69) is 32.1 Å². The van der Waals surface area contributed by atoms with Crippen LogP contribution in [0.15, 0.2) is 24.5 Å². The summed E-state index contributed by atoms with van der Waals surface area (Å²) < 4.78 is 5.87. The fourth-order valence-electron chi connectivity index (χ4n) is 3.32. The molecule has 0 aliphatic carbocycles. The molecule has 0 radical (unpaired) electrons. The molecule has 1 atom stereocenters. The summed E-state index contributed by atoms with van der Waals surface area (Å²) in [6.45, 7) is 6.64. The molecule has 24 heavy (non-hydrogen) atoms. The van der Waals surface area contributed by atoms with Gasteiger partial charge in [-0.2, -0.15) is 0 Å². The van der Waals surface area contributed by atoms with Crippen molar-refractivity contribution in [2.24, 2.45) is 0 Å². The van der Waals surface area contributed by atoms with Gasteiger partial charge in [0.25, 0.3) is 0 Å². The molecule has 4 N–H and O–H groups in total. The predicted molar refractivity (Wildman–Crippen MR) is 96.2 cm³/mol. The molecule has 7 nitrogen and oxygen atoms in total. The summed E-state index contributed by atoms with van der Waals surface area (Å²) in [5, 5.41) is 5.54. The number of anilines is 2. The Kier molecular flexibility index (Phi) is 3.95. The molecule has 126 valence electrons. The average molecular weight is 326 g/mol. The lowest BCUT2D eigenvalue weighted by Crippen LogP contribution is -2.45. The Balaban J connectivity index is 1.64. The van der Waals surface area contributed by atoms with E-state index < -0.39 is 0 Å². The van der Waals surface area contributed by atoms with E-state index in [1.807, 2.05) is 12.1 Å². The highest BCUT2D eigenvalue weighted by Gasteiger charge is 2.20. The van der Waals surface area contributed by atoms with Gasteiger partial charge in [0.05, 0.1) is 30.1 Å². The number of nitrogens with two attached hydrogens (primary N) is 1. The number of likely N-dealkylation sites (N-methyl/N-ethyl adjacent to an activating group) is 1. The number of rotatable bonds is 4. The zero-order valence-electron chi connectivity index (χ0n) is 13.7. The normalized spacial score (nSPS) is 19.1. The van der Waals surface area contributed by atoms with Crippen LogP contribution >= 0.6 is 0 Å². The second-order valence-corrected chi connectivity index (χ2v) is 6.10. The molecule has 0 saturated carbocycles. The van der Waals surface area contributed by atoms with Crippen molar-refractivity contribution in [3.63, 3.8) is 0 Å². The van der Waals surface area contributed by atoms with Crippen LogP contribution in [-0.2, 0) is 4.74 Å². The summed E-state index contributed by atoms with van der Waals surface area (Å²) >= 11 is 0. The minimum Gasteiger partial charge on any atom is -0.382 e. The van der Waals surface area contributed by atoms with E-state index in [-0.39, 0.29) is 6.10 Å². The van der Waals surface area contributed by atoms with Gasteiger partial charge in [-0.25, -0.2) is 9.97 Å². The number of ether oxygens (including phenoxy) is 1. The molecule has 1 unspecified atom stereocenters. The van der Waals surface area contributed by atoms with Gasteiger partial charge in [0.2, 0.25) is 0 Å². The van der Waals surface area contributed by atoms with E-state index in [4.69, 9.17) is 10.5 Å². The Hall–Kier alpha value is -2.38. The molecule has 0 spiro atoms. The second kappa shape index (κ2) is 6.26. The quantitative estimate of drug-likeness (QED) is 0.677. The van der Waals surface area contributed by atoms with Crippen molar-refractivity contribution in [3.05, 3.63) is 24.5 Å². The van der Waals surface area contributed by atoms with Crippen LogP contribution in [0.4, 0.5) is 11.5 Å². The van der Waals surface area contributed by atoms with E-state index >= 15 is 0 Å². The van der Waals surface area contributed by atoms with E-state index in [1.54, 1.807) is 12.4 Å². The Morgan fingerprint density at radius 2 is 2.38 bits per heavy atom. The van der Waals surface area contributed by atoms with Gasteiger partial charge in [-0.05, 0) is 18.7 Å². The van der Waals surface area contributed by atoms with Crippen molar-refractivity contribution in [2.45, 2.75) is 13.0 Å². The zero-order valence-corrected chi connectivity index (χ0v) is 13.7. The number of aromatic nitrogens is 3. The van der Waals surface area contributed by atoms with Crippen LogP contribution in [0.5, 0.6) is 0 Å². The predicted octanol–water partition coefficient (Wildman–Crippen LogP) is 1.83. The summed E-state index contributed by atoms with van der Waals surface area (Å²) in [5.41, 5.74) is 8.77. The zero-order chi connectivity index (χ0) is 16.5. The fraction of sp³-hybridized carbons (Fsp3) is 0.412. The Bertz CT molecular complexity index is 861. The lowest BCUT2D eigenvalue weighted by molar-refractivity contribution is -0.0191. The van der Waals surface area contributed by atoms with Crippen LogP contribution in [0.25, 0.3) is 21.9 Å². The van der Waals surface area contributed by atoms with Crippen molar-refractivity contribution in [1.82, 2.24) is 19.9 Å². The number of nitrogens with one attached hydrogen (secondary N) is 2. The molecule has 4 heterocycles. The van der Waals surface area contributed by atoms with Gasteiger partial charge in [-0.1, -0.05) is 6.92 Å². The Morgan fingerprint density at radius 1 is 1.46 bits per heavy atom. The van der Waals surface area contributed by atoms with Crippen molar-refractivity contribution in [1.29, 1.82) is 0 Å². The van der Waals surface area contributed by atoms with Crippen LogP contribution < -0.4 is 11.1 Å². The summed E-state index contributed by atoms with van der Waals surface area (Å²) in [4.78, 5) is 14.4. The maximum Gasteiger partial charge on any atom is 0.147 e. The molecule has 0 bridgehead atoms. The standard InChI is InChI=1S/C17H22N6O/c1-2-23-6-7-24-11(10-23)8-20-15-14-12-4-3-5-19-17(12)22-13(14)9-21-16(15)18/h3-5,9,11,20H,2,6-8,10H2,1H3,(H2,18,21)(H,19,22). The molecule has 1 aliphatic heterocycles. The van der Waals surface area contributed by atoms with Crippen LogP contribution in [0, 0.1) is 0 Å². The third-order valence-electron chi connectivity index (χ3n) is 4.61. The van der Waals surface area contributed by atoms with Crippen LogP contribution in [-0.4, -0.2) is 58.7 Å². The monoisotopic (exact) mass is 326 g/mol. The van der Waals surface area contributed by atoms with Gasteiger partial charge in [0.15, 0.2) is 0 Å².